The van der Waals surface area contributed by atoms with Gasteiger partial charge in [-0.3, -0.25) is 4.79 Å². The van der Waals surface area contributed by atoms with Crippen molar-refractivity contribution in [2.75, 3.05) is 6.54 Å². The summed E-state index contributed by atoms with van der Waals surface area (Å²) in [5.74, 6) is -0.0673. The molecule has 3 heteroatoms. The van der Waals surface area contributed by atoms with E-state index in [1.807, 2.05) is 0 Å². The Morgan fingerprint density at radius 2 is 2.27 bits per heavy atom. The predicted molar refractivity (Wildman–Crippen MR) is 62.5 cm³/mol. The average molecular weight is 212 g/mol. The fourth-order valence-electron chi connectivity index (χ4n) is 2.38. The van der Waals surface area contributed by atoms with Crippen LogP contribution in [0.2, 0.25) is 0 Å². The minimum atomic E-state index is -0.120. The molecule has 2 atom stereocenters. The molecule has 3 N–H and O–H groups in total. The number of hydrogen-bond donors (Lipinski definition) is 2. The van der Waals surface area contributed by atoms with Crippen molar-refractivity contribution in [1.82, 2.24) is 5.32 Å². The van der Waals surface area contributed by atoms with E-state index in [9.17, 15) is 4.79 Å². The van der Waals surface area contributed by atoms with Gasteiger partial charge in [-0.15, -0.1) is 0 Å². The first-order valence-electron chi connectivity index (χ1n) is 6.28. The van der Waals surface area contributed by atoms with Crippen molar-refractivity contribution < 1.29 is 4.79 Å². The molecule has 0 aromatic carbocycles. The minimum absolute atomic E-state index is 0.0526. The van der Waals surface area contributed by atoms with Gasteiger partial charge >= 0.3 is 0 Å². The summed E-state index contributed by atoms with van der Waals surface area (Å²) in [5.41, 5.74) is 5.47. The van der Waals surface area contributed by atoms with Crippen molar-refractivity contribution in [2.45, 2.75) is 57.9 Å². The second kappa shape index (κ2) is 6.83. The van der Waals surface area contributed by atoms with Crippen LogP contribution in [-0.4, -0.2) is 18.5 Å². The van der Waals surface area contributed by atoms with Crippen molar-refractivity contribution in [3.05, 3.63) is 0 Å². The van der Waals surface area contributed by atoms with Gasteiger partial charge in [0.2, 0.25) is 5.91 Å². The fourth-order valence-corrected chi connectivity index (χ4v) is 2.38. The molecule has 1 saturated heterocycles. The second-order valence-corrected chi connectivity index (χ2v) is 4.56. The maximum atomic E-state index is 11.4. The highest BCUT2D eigenvalue weighted by molar-refractivity contribution is 5.77. The van der Waals surface area contributed by atoms with Gasteiger partial charge in [-0.1, -0.05) is 32.6 Å². The summed E-state index contributed by atoms with van der Waals surface area (Å²) in [5, 5.41) is 3.43. The molecular weight excluding hydrogens is 188 g/mol. The SMILES string of the molecule is CCCCCC(C(N)=O)C1CCCCN1. The largest absolute Gasteiger partial charge is 0.369 e. The average Bonchev–Trinajstić information content (AvgIpc) is 2.25. The van der Waals surface area contributed by atoms with Crippen LogP contribution in [0.3, 0.4) is 0 Å². The van der Waals surface area contributed by atoms with Gasteiger partial charge in [0.1, 0.15) is 0 Å². The molecule has 0 saturated carbocycles. The molecule has 0 bridgehead atoms. The zero-order valence-corrected chi connectivity index (χ0v) is 9.80. The van der Waals surface area contributed by atoms with Crippen LogP contribution in [0.25, 0.3) is 0 Å². The van der Waals surface area contributed by atoms with Crippen LogP contribution in [0.5, 0.6) is 0 Å². The monoisotopic (exact) mass is 212 g/mol. The van der Waals surface area contributed by atoms with E-state index < -0.39 is 0 Å². The highest BCUT2D eigenvalue weighted by Gasteiger charge is 2.26. The van der Waals surface area contributed by atoms with Crippen molar-refractivity contribution >= 4 is 5.91 Å². The van der Waals surface area contributed by atoms with Gasteiger partial charge in [0.15, 0.2) is 0 Å². The van der Waals surface area contributed by atoms with Crippen LogP contribution < -0.4 is 11.1 Å². The van der Waals surface area contributed by atoms with E-state index in [1.165, 1.54) is 25.7 Å². The van der Waals surface area contributed by atoms with Gasteiger partial charge in [0, 0.05) is 6.04 Å². The maximum Gasteiger partial charge on any atom is 0.222 e. The summed E-state index contributed by atoms with van der Waals surface area (Å²) in [4.78, 5) is 11.4. The third-order valence-corrected chi connectivity index (χ3v) is 3.32. The molecule has 1 fully saturated rings. The van der Waals surface area contributed by atoms with Crippen LogP contribution >= 0.6 is 0 Å². The summed E-state index contributed by atoms with van der Waals surface area (Å²) >= 11 is 0. The Morgan fingerprint density at radius 3 is 2.80 bits per heavy atom. The molecule has 0 aromatic rings. The van der Waals surface area contributed by atoms with E-state index in [0.29, 0.717) is 6.04 Å². The molecular formula is C12H24N2O. The second-order valence-electron chi connectivity index (χ2n) is 4.56. The Labute approximate surface area is 92.8 Å². The fraction of sp³-hybridized carbons (Fsp3) is 0.917. The van der Waals surface area contributed by atoms with Gasteiger partial charge in [-0.25, -0.2) is 0 Å². The number of nitrogens with two attached hydrogens (primary N) is 1. The molecule has 1 aliphatic rings. The van der Waals surface area contributed by atoms with Crippen LogP contribution in [-0.2, 0) is 4.79 Å². The molecule has 0 spiro atoms. The van der Waals surface area contributed by atoms with Crippen LogP contribution in [0.4, 0.5) is 0 Å². The molecule has 1 aliphatic heterocycles. The van der Waals surface area contributed by atoms with E-state index in [4.69, 9.17) is 5.73 Å². The number of hydrogen-bond acceptors (Lipinski definition) is 2. The first kappa shape index (κ1) is 12.5. The number of primary amides is 1. The lowest BCUT2D eigenvalue weighted by Crippen LogP contribution is -2.45. The van der Waals surface area contributed by atoms with Gasteiger partial charge < -0.3 is 11.1 Å². The molecule has 0 aromatic heterocycles. The summed E-state index contributed by atoms with van der Waals surface area (Å²) in [6.45, 7) is 3.22. The molecule has 0 radical (unpaired) electrons. The Kier molecular flexibility index (Phi) is 5.69. The summed E-state index contributed by atoms with van der Waals surface area (Å²) in [6, 6.07) is 0.341. The standard InChI is InChI=1S/C12H24N2O/c1-2-3-4-7-10(12(13)15)11-8-5-6-9-14-11/h10-11,14H,2-9H2,1H3,(H2,13,15). The Hall–Kier alpha value is -0.570. The Bertz CT molecular complexity index is 188. The lowest BCUT2D eigenvalue weighted by atomic mass is 9.87. The van der Waals surface area contributed by atoms with Gasteiger partial charge in [0.25, 0.3) is 0 Å². The first-order valence-corrected chi connectivity index (χ1v) is 6.28. The molecule has 3 nitrogen and oxygen atoms in total. The molecule has 15 heavy (non-hydrogen) atoms. The zero-order chi connectivity index (χ0) is 11.1. The van der Waals surface area contributed by atoms with Gasteiger partial charge in [0.05, 0.1) is 5.92 Å². The third-order valence-electron chi connectivity index (χ3n) is 3.32. The lowest BCUT2D eigenvalue weighted by molar-refractivity contribution is -0.123. The van der Waals surface area contributed by atoms with Crippen LogP contribution in [0.15, 0.2) is 0 Å². The number of rotatable bonds is 6. The van der Waals surface area contributed by atoms with E-state index in [1.54, 1.807) is 0 Å². The quantitative estimate of drug-likeness (QED) is 0.660. The smallest absolute Gasteiger partial charge is 0.222 e. The van der Waals surface area contributed by atoms with Crippen LogP contribution in [0, 0.1) is 5.92 Å². The van der Waals surface area contributed by atoms with E-state index in [-0.39, 0.29) is 11.8 Å². The van der Waals surface area contributed by atoms with Crippen molar-refractivity contribution in [1.29, 1.82) is 0 Å². The summed E-state index contributed by atoms with van der Waals surface area (Å²) < 4.78 is 0. The number of carbonyl (C=O) groups is 1. The van der Waals surface area contributed by atoms with E-state index in [0.717, 1.165) is 25.8 Å². The number of carbonyl (C=O) groups excluding carboxylic acids is 1. The minimum Gasteiger partial charge on any atom is -0.369 e. The lowest BCUT2D eigenvalue weighted by Gasteiger charge is -2.29. The highest BCUT2D eigenvalue weighted by Crippen LogP contribution is 2.20. The van der Waals surface area contributed by atoms with E-state index in [2.05, 4.69) is 12.2 Å². The predicted octanol–water partition coefficient (Wildman–Crippen LogP) is 1.81. The molecule has 2 unspecified atom stereocenters. The number of unbranched alkanes of at least 4 members (excludes halogenated alkanes) is 2. The van der Waals surface area contributed by atoms with Gasteiger partial charge in [-0.2, -0.15) is 0 Å². The molecule has 1 heterocycles. The first-order chi connectivity index (χ1) is 7.25. The normalized spacial score (nSPS) is 23.7. The molecule has 0 aliphatic carbocycles. The number of nitrogens with one attached hydrogen (secondary N) is 1. The molecule has 1 rings (SSSR count). The zero-order valence-electron chi connectivity index (χ0n) is 9.80. The molecule has 88 valence electrons. The topological polar surface area (TPSA) is 55.1 Å². The number of piperidine rings is 1. The van der Waals surface area contributed by atoms with E-state index >= 15 is 0 Å². The summed E-state index contributed by atoms with van der Waals surface area (Å²) in [6.07, 6.45) is 8.06. The van der Waals surface area contributed by atoms with Crippen molar-refractivity contribution in [2.24, 2.45) is 11.7 Å². The van der Waals surface area contributed by atoms with Crippen LogP contribution in [0.1, 0.15) is 51.9 Å². The Balaban J connectivity index is 2.37. The van der Waals surface area contributed by atoms with Crippen molar-refractivity contribution in [3.63, 3.8) is 0 Å². The molecule has 1 amide bonds. The maximum absolute atomic E-state index is 11.4. The number of amides is 1. The third kappa shape index (κ3) is 4.20. The Morgan fingerprint density at radius 1 is 1.47 bits per heavy atom. The van der Waals surface area contributed by atoms with Gasteiger partial charge in [-0.05, 0) is 25.8 Å². The highest BCUT2D eigenvalue weighted by atomic mass is 16.1. The van der Waals surface area contributed by atoms with Crippen molar-refractivity contribution in [3.8, 4) is 0 Å². The summed E-state index contributed by atoms with van der Waals surface area (Å²) in [7, 11) is 0.